The Morgan fingerprint density at radius 2 is 1.94 bits per heavy atom. The lowest BCUT2D eigenvalue weighted by Crippen LogP contribution is -2.12. The van der Waals surface area contributed by atoms with Crippen molar-refractivity contribution in [3.63, 3.8) is 0 Å². The molecular weight excluding hydrogens is 346 g/mol. The van der Waals surface area contributed by atoms with Crippen LogP contribution in [0.2, 0.25) is 0 Å². The molecule has 0 unspecified atom stereocenters. The quantitative estimate of drug-likeness (QED) is 0.575. The van der Waals surface area contributed by atoms with Gasteiger partial charge in [-0.25, -0.2) is 13.8 Å². The minimum Gasteiger partial charge on any atom is -0.234 e. The van der Waals surface area contributed by atoms with Gasteiger partial charge in [-0.2, -0.15) is 18.4 Å². The minimum absolute atomic E-state index is 0.320. The number of nitrogens with zero attached hydrogens (tertiary/aromatic N) is 2. The van der Waals surface area contributed by atoms with E-state index in [1.54, 1.807) is 0 Å². The van der Waals surface area contributed by atoms with Crippen molar-refractivity contribution in [1.82, 2.24) is 4.98 Å². The maximum Gasteiger partial charge on any atom is 0.419 e. The zero-order valence-corrected chi connectivity index (χ0v) is 9.47. The molecule has 0 saturated carbocycles. The van der Waals surface area contributed by atoms with Gasteiger partial charge in [0, 0.05) is 3.57 Å². The van der Waals surface area contributed by atoms with E-state index in [0.29, 0.717) is 6.07 Å². The summed E-state index contributed by atoms with van der Waals surface area (Å²) < 4.78 is 61.4. The average Bonchev–Trinajstić information content (AvgIpc) is 2.15. The van der Waals surface area contributed by atoms with Crippen LogP contribution in [-0.2, 0) is 6.18 Å². The molecule has 0 aliphatic rings. The maximum atomic E-state index is 12.4. The van der Waals surface area contributed by atoms with Gasteiger partial charge in [0.2, 0.25) is 0 Å². The third kappa shape index (κ3) is 2.58. The second kappa shape index (κ2) is 4.48. The normalized spacial score (nSPS) is 11.6. The Balaban J connectivity index is 3.46. The largest absolute Gasteiger partial charge is 0.419 e. The second-order valence-corrected chi connectivity index (χ2v) is 3.82. The van der Waals surface area contributed by atoms with Crippen molar-refractivity contribution in [1.29, 1.82) is 5.26 Å². The van der Waals surface area contributed by atoms with E-state index < -0.39 is 29.6 Å². The van der Waals surface area contributed by atoms with E-state index >= 15 is 0 Å². The van der Waals surface area contributed by atoms with Crippen LogP contribution < -0.4 is 0 Å². The molecule has 0 atom stereocenters. The Morgan fingerprint density at radius 3 is 2.31 bits per heavy atom. The van der Waals surface area contributed by atoms with Gasteiger partial charge in [0.05, 0.1) is 5.56 Å². The van der Waals surface area contributed by atoms with Crippen molar-refractivity contribution >= 4 is 22.6 Å². The first-order chi connectivity index (χ1) is 7.27. The molecule has 86 valence electrons. The number of aromatic nitrogens is 1. The first-order valence-electron chi connectivity index (χ1n) is 3.73. The van der Waals surface area contributed by atoms with E-state index in [0.717, 1.165) is 6.07 Å². The highest BCUT2D eigenvalue weighted by atomic mass is 127. The van der Waals surface area contributed by atoms with Gasteiger partial charge in [-0.15, -0.1) is 0 Å². The summed E-state index contributed by atoms with van der Waals surface area (Å²) in [6.07, 6.45) is -7.79. The topological polar surface area (TPSA) is 36.7 Å². The van der Waals surface area contributed by atoms with Gasteiger partial charge >= 0.3 is 6.18 Å². The Bertz CT molecular complexity index is 449. The lowest BCUT2D eigenvalue weighted by atomic mass is 10.2. The van der Waals surface area contributed by atoms with Crippen molar-refractivity contribution in [2.45, 2.75) is 12.6 Å². The molecular formula is C8H2F5IN2. The summed E-state index contributed by atoms with van der Waals surface area (Å²) in [5, 5.41) is 8.42. The van der Waals surface area contributed by atoms with Gasteiger partial charge in [-0.1, -0.05) is 0 Å². The Hall–Kier alpha value is -0.980. The van der Waals surface area contributed by atoms with Crippen LogP contribution in [0.15, 0.2) is 6.07 Å². The van der Waals surface area contributed by atoms with E-state index in [2.05, 4.69) is 4.98 Å². The smallest absolute Gasteiger partial charge is 0.234 e. The van der Waals surface area contributed by atoms with Crippen LogP contribution in [0.4, 0.5) is 22.0 Å². The molecule has 1 aromatic rings. The van der Waals surface area contributed by atoms with E-state index in [1.165, 1.54) is 22.6 Å². The van der Waals surface area contributed by atoms with Gasteiger partial charge in [0.15, 0.2) is 5.69 Å². The van der Waals surface area contributed by atoms with Gasteiger partial charge < -0.3 is 0 Å². The summed E-state index contributed by atoms with van der Waals surface area (Å²) in [7, 11) is 0. The molecule has 0 aliphatic carbocycles. The van der Waals surface area contributed by atoms with E-state index in [4.69, 9.17) is 5.26 Å². The van der Waals surface area contributed by atoms with Gasteiger partial charge in [-0.05, 0) is 28.7 Å². The third-order valence-corrected chi connectivity index (χ3v) is 2.49. The van der Waals surface area contributed by atoms with Crippen molar-refractivity contribution in [3.8, 4) is 6.07 Å². The summed E-state index contributed by atoms with van der Waals surface area (Å²) >= 11 is 1.32. The average molecular weight is 348 g/mol. The predicted molar refractivity (Wildman–Crippen MR) is 51.6 cm³/mol. The van der Waals surface area contributed by atoms with Crippen LogP contribution in [0.5, 0.6) is 0 Å². The van der Waals surface area contributed by atoms with Crippen molar-refractivity contribution < 1.29 is 22.0 Å². The molecule has 0 saturated heterocycles. The highest BCUT2D eigenvalue weighted by Gasteiger charge is 2.36. The van der Waals surface area contributed by atoms with Gasteiger partial charge in [0.1, 0.15) is 11.8 Å². The molecule has 0 bridgehead atoms. The lowest BCUT2D eigenvalue weighted by molar-refractivity contribution is -0.138. The molecule has 0 aliphatic heterocycles. The van der Waals surface area contributed by atoms with Crippen LogP contribution in [0.1, 0.15) is 23.4 Å². The Morgan fingerprint density at radius 1 is 1.38 bits per heavy atom. The zero-order chi connectivity index (χ0) is 12.5. The number of halogens is 6. The summed E-state index contributed by atoms with van der Waals surface area (Å²) in [6, 6.07) is 1.65. The molecule has 0 amide bonds. The molecule has 0 fully saturated rings. The first-order valence-corrected chi connectivity index (χ1v) is 4.81. The van der Waals surface area contributed by atoms with Crippen LogP contribution in [0.25, 0.3) is 0 Å². The minimum atomic E-state index is -4.78. The third-order valence-electron chi connectivity index (χ3n) is 1.62. The Kier molecular flexibility index (Phi) is 3.67. The number of hydrogen-bond acceptors (Lipinski definition) is 2. The molecule has 2 nitrogen and oxygen atoms in total. The fourth-order valence-corrected chi connectivity index (χ4v) is 1.62. The maximum absolute atomic E-state index is 12.4. The number of hydrogen-bond donors (Lipinski definition) is 0. The summed E-state index contributed by atoms with van der Waals surface area (Å²) in [4.78, 5) is 3.02. The molecule has 0 spiro atoms. The van der Waals surface area contributed by atoms with E-state index in [1.807, 2.05) is 0 Å². The highest BCUT2D eigenvalue weighted by molar-refractivity contribution is 14.1. The second-order valence-electron chi connectivity index (χ2n) is 2.66. The molecule has 16 heavy (non-hydrogen) atoms. The zero-order valence-electron chi connectivity index (χ0n) is 7.32. The van der Waals surface area contributed by atoms with Crippen molar-refractivity contribution in [2.75, 3.05) is 0 Å². The number of alkyl halides is 5. The predicted octanol–water partition coefficient (Wildman–Crippen LogP) is 3.51. The van der Waals surface area contributed by atoms with Crippen LogP contribution >= 0.6 is 22.6 Å². The number of nitriles is 1. The molecule has 8 heteroatoms. The van der Waals surface area contributed by atoms with E-state index in [-0.39, 0.29) is 3.57 Å². The summed E-state index contributed by atoms with van der Waals surface area (Å²) in [5.74, 6) is 0. The standard InChI is InChI=1S/C8H2F5IN2/c9-7(10)6-4(14)1-3(8(11,12)13)5(2-15)16-6/h1,7H. The molecule has 0 radical (unpaired) electrons. The molecule has 1 aromatic heterocycles. The monoisotopic (exact) mass is 348 g/mol. The number of rotatable bonds is 1. The molecule has 1 rings (SSSR count). The highest BCUT2D eigenvalue weighted by Crippen LogP contribution is 2.34. The SMILES string of the molecule is N#Cc1nc(C(F)F)c(I)cc1C(F)(F)F. The van der Waals surface area contributed by atoms with E-state index in [9.17, 15) is 22.0 Å². The van der Waals surface area contributed by atoms with Crippen LogP contribution in [0, 0.1) is 14.9 Å². The van der Waals surface area contributed by atoms with Crippen molar-refractivity contribution in [3.05, 3.63) is 26.6 Å². The fourth-order valence-electron chi connectivity index (χ4n) is 0.957. The molecule has 1 heterocycles. The lowest BCUT2D eigenvalue weighted by Gasteiger charge is -2.10. The number of pyridine rings is 1. The van der Waals surface area contributed by atoms with Crippen LogP contribution in [-0.4, -0.2) is 4.98 Å². The molecule has 0 N–H and O–H groups in total. The van der Waals surface area contributed by atoms with Gasteiger partial charge in [0.25, 0.3) is 6.43 Å². The van der Waals surface area contributed by atoms with Crippen LogP contribution in [0.3, 0.4) is 0 Å². The molecule has 0 aromatic carbocycles. The fraction of sp³-hybridized carbons (Fsp3) is 0.250. The summed E-state index contributed by atoms with van der Waals surface area (Å²) in [6.45, 7) is 0. The van der Waals surface area contributed by atoms with Gasteiger partial charge in [-0.3, -0.25) is 0 Å². The summed E-state index contributed by atoms with van der Waals surface area (Å²) in [5.41, 5.74) is -3.16. The first kappa shape index (κ1) is 13.1. The van der Waals surface area contributed by atoms with Crippen molar-refractivity contribution in [2.24, 2.45) is 0 Å². The Labute approximate surface area is 100 Å².